The van der Waals surface area contributed by atoms with Crippen LogP contribution in [0.5, 0.6) is 0 Å². The fourth-order valence-electron chi connectivity index (χ4n) is 1.88. The maximum atomic E-state index is 4.29. The number of thioether (sulfide) groups is 1. The first-order valence-corrected chi connectivity index (χ1v) is 8.28. The fourth-order valence-corrected chi connectivity index (χ4v) is 3.59. The van der Waals surface area contributed by atoms with E-state index >= 15 is 0 Å². The van der Waals surface area contributed by atoms with Gasteiger partial charge in [0, 0.05) is 29.9 Å². The van der Waals surface area contributed by atoms with E-state index in [1.54, 1.807) is 11.3 Å². The van der Waals surface area contributed by atoms with Crippen molar-refractivity contribution in [2.75, 3.05) is 0 Å². The summed E-state index contributed by atoms with van der Waals surface area (Å²) in [7, 11) is 2.02. The quantitative estimate of drug-likeness (QED) is 0.725. The number of nitrogens with zero attached hydrogens (tertiary/aromatic N) is 4. The van der Waals surface area contributed by atoms with E-state index in [2.05, 4.69) is 31.9 Å². The predicted molar refractivity (Wildman–Crippen MR) is 83.6 cm³/mol. The SMILES string of the molecule is Cn1c(CSCc2nccs2)nnc1-c1ccccc1. The maximum absolute atomic E-state index is 4.29. The van der Waals surface area contributed by atoms with Gasteiger partial charge in [-0.3, -0.25) is 0 Å². The molecular weight excluding hydrogens is 288 g/mol. The van der Waals surface area contributed by atoms with Crippen molar-refractivity contribution < 1.29 is 0 Å². The Morgan fingerprint density at radius 3 is 2.75 bits per heavy atom. The number of aromatic nitrogens is 4. The zero-order valence-electron chi connectivity index (χ0n) is 11.1. The highest BCUT2D eigenvalue weighted by atomic mass is 32.2. The Bertz CT molecular complexity index is 662. The Hall–Kier alpha value is -1.66. The van der Waals surface area contributed by atoms with Gasteiger partial charge >= 0.3 is 0 Å². The molecule has 3 aromatic rings. The number of rotatable bonds is 5. The zero-order valence-corrected chi connectivity index (χ0v) is 12.7. The first-order valence-electron chi connectivity index (χ1n) is 6.24. The monoisotopic (exact) mass is 302 g/mol. The van der Waals surface area contributed by atoms with Crippen molar-refractivity contribution >= 4 is 23.1 Å². The van der Waals surface area contributed by atoms with Gasteiger partial charge in [0.05, 0.1) is 5.75 Å². The van der Waals surface area contributed by atoms with Crippen LogP contribution in [0.25, 0.3) is 11.4 Å². The summed E-state index contributed by atoms with van der Waals surface area (Å²) in [4.78, 5) is 4.28. The topological polar surface area (TPSA) is 43.6 Å². The largest absolute Gasteiger partial charge is 0.313 e. The first kappa shape index (κ1) is 13.3. The Morgan fingerprint density at radius 1 is 1.15 bits per heavy atom. The van der Waals surface area contributed by atoms with Crippen LogP contribution in [0.15, 0.2) is 41.9 Å². The lowest BCUT2D eigenvalue weighted by Gasteiger charge is -2.03. The van der Waals surface area contributed by atoms with E-state index < -0.39 is 0 Å². The lowest BCUT2D eigenvalue weighted by Crippen LogP contribution is -1.98. The van der Waals surface area contributed by atoms with Gasteiger partial charge < -0.3 is 4.57 Å². The molecule has 0 aliphatic carbocycles. The highest BCUT2D eigenvalue weighted by molar-refractivity contribution is 7.97. The second kappa shape index (κ2) is 6.19. The molecule has 0 atom stereocenters. The molecular formula is C14H14N4S2. The molecule has 6 heteroatoms. The zero-order chi connectivity index (χ0) is 13.8. The summed E-state index contributed by atoms with van der Waals surface area (Å²) in [6.07, 6.45) is 1.84. The van der Waals surface area contributed by atoms with E-state index in [-0.39, 0.29) is 0 Å². The standard InChI is InChI=1S/C14H14N4S2/c1-18-12(9-19-10-13-15-7-8-20-13)16-17-14(18)11-5-3-2-4-6-11/h2-8H,9-10H2,1H3. The minimum absolute atomic E-state index is 0.843. The Labute approximate surface area is 125 Å². The van der Waals surface area contributed by atoms with Crippen molar-refractivity contribution in [3.05, 3.63) is 52.7 Å². The molecule has 102 valence electrons. The Balaban J connectivity index is 1.68. The molecule has 0 radical (unpaired) electrons. The summed E-state index contributed by atoms with van der Waals surface area (Å²) < 4.78 is 2.06. The molecule has 4 nitrogen and oxygen atoms in total. The average molecular weight is 302 g/mol. The second-order valence-corrected chi connectivity index (χ2v) is 6.25. The van der Waals surface area contributed by atoms with Crippen LogP contribution in [0.2, 0.25) is 0 Å². The van der Waals surface area contributed by atoms with Crippen LogP contribution in [-0.4, -0.2) is 19.7 Å². The lowest BCUT2D eigenvalue weighted by atomic mass is 10.2. The van der Waals surface area contributed by atoms with Crippen LogP contribution in [-0.2, 0) is 18.6 Å². The molecule has 0 N–H and O–H groups in total. The second-order valence-electron chi connectivity index (χ2n) is 4.28. The number of hydrogen-bond acceptors (Lipinski definition) is 5. The third-order valence-corrected chi connectivity index (χ3v) is 4.84. The summed E-state index contributed by atoms with van der Waals surface area (Å²) in [5.41, 5.74) is 1.10. The molecule has 0 amide bonds. The minimum atomic E-state index is 0.843. The minimum Gasteiger partial charge on any atom is -0.313 e. The van der Waals surface area contributed by atoms with Gasteiger partial charge in [-0.25, -0.2) is 4.98 Å². The Morgan fingerprint density at radius 2 is 2.00 bits per heavy atom. The van der Waals surface area contributed by atoms with Gasteiger partial charge in [-0.15, -0.1) is 33.3 Å². The van der Waals surface area contributed by atoms with Gasteiger partial charge in [-0.05, 0) is 0 Å². The van der Waals surface area contributed by atoms with Gasteiger partial charge in [-0.2, -0.15) is 0 Å². The summed E-state index contributed by atoms with van der Waals surface area (Å²) >= 11 is 3.50. The van der Waals surface area contributed by atoms with Crippen molar-refractivity contribution in [2.24, 2.45) is 7.05 Å². The lowest BCUT2D eigenvalue weighted by molar-refractivity contribution is 0.855. The molecule has 0 saturated carbocycles. The predicted octanol–water partition coefficient (Wildman–Crippen LogP) is 3.37. The summed E-state index contributed by atoms with van der Waals surface area (Å²) in [5, 5.41) is 11.7. The van der Waals surface area contributed by atoms with Gasteiger partial charge in [-0.1, -0.05) is 30.3 Å². The van der Waals surface area contributed by atoms with Crippen molar-refractivity contribution in [3.63, 3.8) is 0 Å². The molecule has 3 rings (SSSR count). The van der Waals surface area contributed by atoms with E-state index in [1.165, 1.54) is 0 Å². The van der Waals surface area contributed by atoms with Gasteiger partial charge in [0.15, 0.2) is 5.82 Å². The number of hydrogen-bond donors (Lipinski definition) is 0. The summed E-state index contributed by atoms with van der Waals surface area (Å²) in [6, 6.07) is 10.1. The van der Waals surface area contributed by atoms with Crippen LogP contribution in [0, 0.1) is 0 Å². The molecule has 2 aromatic heterocycles. The van der Waals surface area contributed by atoms with Crippen LogP contribution in [0.1, 0.15) is 10.8 Å². The molecule has 0 aliphatic rings. The number of thiazole rings is 1. The third-order valence-electron chi connectivity index (χ3n) is 2.94. The molecule has 0 unspecified atom stereocenters. The Kier molecular flexibility index (Phi) is 4.13. The van der Waals surface area contributed by atoms with E-state index in [1.807, 2.05) is 48.6 Å². The highest BCUT2D eigenvalue weighted by Gasteiger charge is 2.10. The summed E-state index contributed by atoms with van der Waals surface area (Å²) in [6.45, 7) is 0. The molecule has 0 bridgehead atoms. The van der Waals surface area contributed by atoms with Gasteiger partial charge in [0.25, 0.3) is 0 Å². The van der Waals surface area contributed by atoms with Crippen LogP contribution < -0.4 is 0 Å². The van der Waals surface area contributed by atoms with Crippen molar-refractivity contribution in [1.82, 2.24) is 19.7 Å². The van der Waals surface area contributed by atoms with Crippen LogP contribution in [0.3, 0.4) is 0 Å². The van der Waals surface area contributed by atoms with E-state index in [0.29, 0.717) is 0 Å². The van der Waals surface area contributed by atoms with Crippen LogP contribution >= 0.6 is 23.1 Å². The molecule has 0 spiro atoms. The normalized spacial score (nSPS) is 10.8. The number of benzene rings is 1. The smallest absolute Gasteiger partial charge is 0.163 e. The van der Waals surface area contributed by atoms with Crippen LogP contribution in [0.4, 0.5) is 0 Å². The molecule has 0 aliphatic heterocycles. The third kappa shape index (κ3) is 2.91. The molecule has 0 fully saturated rings. The molecule has 0 saturated heterocycles. The molecule has 20 heavy (non-hydrogen) atoms. The molecule has 1 aromatic carbocycles. The average Bonchev–Trinajstić information content (AvgIpc) is 3.11. The van der Waals surface area contributed by atoms with Crippen molar-refractivity contribution in [2.45, 2.75) is 11.5 Å². The maximum Gasteiger partial charge on any atom is 0.163 e. The fraction of sp³-hybridized carbons (Fsp3) is 0.214. The summed E-state index contributed by atoms with van der Waals surface area (Å²) in [5.74, 6) is 3.67. The van der Waals surface area contributed by atoms with E-state index in [4.69, 9.17) is 0 Å². The van der Waals surface area contributed by atoms with E-state index in [0.717, 1.165) is 33.7 Å². The van der Waals surface area contributed by atoms with E-state index in [9.17, 15) is 0 Å². The van der Waals surface area contributed by atoms with Gasteiger partial charge in [0.1, 0.15) is 10.8 Å². The van der Waals surface area contributed by atoms with Crippen molar-refractivity contribution in [3.8, 4) is 11.4 Å². The first-order chi connectivity index (χ1) is 9.84. The van der Waals surface area contributed by atoms with Gasteiger partial charge in [0.2, 0.25) is 0 Å². The highest BCUT2D eigenvalue weighted by Crippen LogP contribution is 2.21. The molecule has 2 heterocycles. The van der Waals surface area contributed by atoms with Crippen molar-refractivity contribution in [1.29, 1.82) is 0 Å².